The van der Waals surface area contributed by atoms with Crippen molar-refractivity contribution in [2.75, 3.05) is 11.9 Å². The van der Waals surface area contributed by atoms with Crippen LogP contribution in [0.25, 0.3) is 20.8 Å². The predicted molar refractivity (Wildman–Crippen MR) is 97.7 cm³/mol. The van der Waals surface area contributed by atoms with Crippen LogP contribution in [0, 0.1) is 0 Å². The van der Waals surface area contributed by atoms with Crippen molar-refractivity contribution in [2.24, 2.45) is 0 Å². The van der Waals surface area contributed by atoms with Gasteiger partial charge in [-0.25, -0.2) is 4.98 Å². The molecule has 0 atom stereocenters. The summed E-state index contributed by atoms with van der Waals surface area (Å²) in [5.74, 6) is 0. The van der Waals surface area contributed by atoms with E-state index in [0.717, 1.165) is 17.1 Å². The number of benzene rings is 2. The van der Waals surface area contributed by atoms with Crippen LogP contribution in [-0.4, -0.2) is 11.5 Å². The van der Waals surface area contributed by atoms with Crippen molar-refractivity contribution in [3.63, 3.8) is 0 Å². The van der Waals surface area contributed by atoms with Gasteiger partial charge in [-0.1, -0.05) is 38.3 Å². The third-order valence-corrected chi connectivity index (χ3v) is 4.87. The van der Waals surface area contributed by atoms with Crippen LogP contribution >= 0.6 is 11.3 Å². The highest BCUT2D eigenvalue weighted by molar-refractivity contribution is 7.21. The lowest BCUT2D eigenvalue weighted by molar-refractivity contribution is 0.685. The fourth-order valence-corrected chi connectivity index (χ4v) is 3.48. The van der Waals surface area contributed by atoms with E-state index < -0.39 is 0 Å². The molecule has 0 fully saturated rings. The average molecular weight is 310 g/mol. The van der Waals surface area contributed by atoms with Gasteiger partial charge in [-0.2, -0.15) is 0 Å². The predicted octanol–water partition coefficient (Wildman–Crippen LogP) is 5.96. The van der Waals surface area contributed by atoms with Gasteiger partial charge in [0, 0.05) is 17.8 Å². The third-order valence-electron chi connectivity index (χ3n) is 3.79. The van der Waals surface area contributed by atoms with E-state index in [4.69, 9.17) is 4.98 Å². The summed E-state index contributed by atoms with van der Waals surface area (Å²) in [5, 5.41) is 4.59. The molecule has 0 saturated carbocycles. The van der Waals surface area contributed by atoms with E-state index in [2.05, 4.69) is 54.7 Å². The summed E-state index contributed by atoms with van der Waals surface area (Å²) in [6.45, 7) is 3.30. The fraction of sp³-hybridized carbons (Fsp3) is 0.316. The van der Waals surface area contributed by atoms with Gasteiger partial charge in [-0.15, -0.1) is 11.3 Å². The summed E-state index contributed by atoms with van der Waals surface area (Å²) in [7, 11) is 0. The summed E-state index contributed by atoms with van der Waals surface area (Å²) >= 11 is 1.75. The molecule has 0 bridgehead atoms. The molecule has 2 nitrogen and oxygen atoms in total. The standard InChI is InChI=1S/C19H22N2S/c1-2-3-4-7-14-20-16-12-10-15(11-13-16)19-21-17-8-5-6-9-18(17)22-19/h5-6,8-13,20H,2-4,7,14H2,1H3. The van der Waals surface area contributed by atoms with Crippen LogP contribution in [0.4, 0.5) is 5.69 Å². The molecule has 1 heterocycles. The minimum atomic E-state index is 1.06. The van der Waals surface area contributed by atoms with E-state index in [-0.39, 0.29) is 0 Å². The Labute approximate surface area is 136 Å². The normalized spacial score (nSPS) is 11.0. The van der Waals surface area contributed by atoms with Gasteiger partial charge in [0.15, 0.2) is 0 Å². The average Bonchev–Trinajstić information content (AvgIpc) is 2.99. The summed E-state index contributed by atoms with van der Waals surface area (Å²) in [6.07, 6.45) is 5.18. The second-order valence-corrected chi connectivity index (χ2v) is 6.58. The number of hydrogen-bond acceptors (Lipinski definition) is 3. The van der Waals surface area contributed by atoms with Gasteiger partial charge in [-0.05, 0) is 42.8 Å². The molecule has 1 aromatic heterocycles. The maximum atomic E-state index is 4.71. The van der Waals surface area contributed by atoms with Crippen molar-refractivity contribution in [3.05, 3.63) is 48.5 Å². The maximum absolute atomic E-state index is 4.71. The van der Waals surface area contributed by atoms with E-state index in [1.54, 1.807) is 11.3 Å². The van der Waals surface area contributed by atoms with E-state index in [0.29, 0.717) is 0 Å². The molecule has 0 radical (unpaired) electrons. The molecule has 0 aliphatic heterocycles. The summed E-state index contributed by atoms with van der Waals surface area (Å²) < 4.78 is 1.25. The number of nitrogens with zero attached hydrogens (tertiary/aromatic N) is 1. The number of nitrogens with one attached hydrogen (secondary N) is 1. The highest BCUT2D eigenvalue weighted by atomic mass is 32.1. The van der Waals surface area contributed by atoms with Gasteiger partial charge in [0.2, 0.25) is 0 Å². The van der Waals surface area contributed by atoms with Gasteiger partial charge in [0.1, 0.15) is 5.01 Å². The van der Waals surface area contributed by atoms with Crippen LogP contribution in [0.2, 0.25) is 0 Å². The Bertz CT molecular complexity index is 683. The molecule has 0 saturated heterocycles. The van der Waals surface area contributed by atoms with Crippen LogP contribution in [-0.2, 0) is 0 Å². The SMILES string of the molecule is CCCCCCNc1ccc(-c2nc3ccccc3s2)cc1. The number of thiazole rings is 1. The first-order valence-electron chi connectivity index (χ1n) is 8.06. The van der Waals surface area contributed by atoms with Crippen LogP contribution in [0.15, 0.2) is 48.5 Å². The van der Waals surface area contributed by atoms with Gasteiger partial charge < -0.3 is 5.32 Å². The molecule has 3 rings (SSSR count). The largest absolute Gasteiger partial charge is 0.385 e. The number of aromatic nitrogens is 1. The Balaban J connectivity index is 1.63. The third kappa shape index (κ3) is 3.66. The highest BCUT2D eigenvalue weighted by Gasteiger charge is 2.05. The van der Waals surface area contributed by atoms with Crippen LogP contribution in [0.5, 0.6) is 0 Å². The zero-order chi connectivity index (χ0) is 15.2. The zero-order valence-corrected chi connectivity index (χ0v) is 13.8. The molecular formula is C19H22N2S. The molecule has 3 heteroatoms. The molecule has 0 spiro atoms. The molecule has 114 valence electrons. The lowest BCUT2D eigenvalue weighted by Crippen LogP contribution is -2.00. The second-order valence-electron chi connectivity index (χ2n) is 5.55. The summed E-state index contributed by atoms with van der Waals surface area (Å²) in [6, 6.07) is 16.9. The van der Waals surface area contributed by atoms with Crippen molar-refractivity contribution in [1.82, 2.24) is 4.98 Å². The number of anilines is 1. The van der Waals surface area contributed by atoms with E-state index >= 15 is 0 Å². The summed E-state index contributed by atoms with van der Waals surface area (Å²) in [5.41, 5.74) is 3.47. The lowest BCUT2D eigenvalue weighted by Gasteiger charge is -2.06. The molecule has 0 unspecified atom stereocenters. The second kappa shape index (κ2) is 7.41. The Morgan fingerprint density at radius 3 is 2.55 bits per heavy atom. The van der Waals surface area contributed by atoms with Gasteiger partial charge in [0.25, 0.3) is 0 Å². The Kier molecular flexibility index (Phi) is 5.07. The van der Waals surface area contributed by atoms with Gasteiger partial charge >= 0.3 is 0 Å². The number of unbranched alkanes of at least 4 members (excludes halogenated alkanes) is 3. The first kappa shape index (κ1) is 15.0. The Hall–Kier alpha value is -1.87. The smallest absolute Gasteiger partial charge is 0.124 e. The molecule has 0 aliphatic rings. The Morgan fingerprint density at radius 2 is 1.77 bits per heavy atom. The van der Waals surface area contributed by atoms with Crippen LogP contribution in [0.3, 0.4) is 0 Å². The fourth-order valence-electron chi connectivity index (χ4n) is 2.51. The van der Waals surface area contributed by atoms with E-state index in [1.807, 2.05) is 6.07 Å². The van der Waals surface area contributed by atoms with Gasteiger partial charge in [-0.3, -0.25) is 0 Å². The van der Waals surface area contributed by atoms with Crippen molar-refractivity contribution < 1.29 is 0 Å². The topological polar surface area (TPSA) is 24.9 Å². The molecule has 22 heavy (non-hydrogen) atoms. The number of para-hydroxylation sites is 1. The summed E-state index contributed by atoms with van der Waals surface area (Å²) in [4.78, 5) is 4.71. The molecule has 2 aromatic carbocycles. The van der Waals surface area contributed by atoms with E-state index in [9.17, 15) is 0 Å². The van der Waals surface area contributed by atoms with E-state index in [1.165, 1.54) is 41.6 Å². The lowest BCUT2D eigenvalue weighted by atomic mass is 10.2. The van der Waals surface area contributed by atoms with Crippen molar-refractivity contribution in [1.29, 1.82) is 0 Å². The van der Waals surface area contributed by atoms with Crippen LogP contribution < -0.4 is 5.32 Å². The highest BCUT2D eigenvalue weighted by Crippen LogP contribution is 2.30. The first-order valence-corrected chi connectivity index (χ1v) is 8.88. The molecule has 0 aliphatic carbocycles. The van der Waals surface area contributed by atoms with Crippen molar-refractivity contribution in [3.8, 4) is 10.6 Å². The minimum Gasteiger partial charge on any atom is -0.385 e. The number of hydrogen-bond donors (Lipinski definition) is 1. The monoisotopic (exact) mass is 310 g/mol. The molecular weight excluding hydrogens is 288 g/mol. The number of fused-ring (bicyclic) bond motifs is 1. The quantitative estimate of drug-likeness (QED) is 0.545. The first-order chi connectivity index (χ1) is 10.9. The van der Waals surface area contributed by atoms with Crippen molar-refractivity contribution >= 4 is 27.2 Å². The molecule has 3 aromatic rings. The molecule has 0 amide bonds. The van der Waals surface area contributed by atoms with Crippen LogP contribution in [0.1, 0.15) is 32.6 Å². The maximum Gasteiger partial charge on any atom is 0.124 e. The molecule has 1 N–H and O–H groups in total. The number of rotatable bonds is 7. The zero-order valence-electron chi connectivity index (χ0n) is 13.0. The van der Waals surface area contributed by atoms with Gasteiger partial charge in [0.05, 0.1) is 10.2 Å². The minimum absolute atomic E-state index is 1.06. The Morgan fingerprint density at radius 1 is 0.955 bits per heavy atom. The van der Waals surface area contributed by atoms with Crippen molar-refractivity contribution in [2.45, 2.75) is 32.6 Å².